The molecule has 38 heavy (non-hydrogen) atoms. The molecule has 2 aliphatic heterocycles. The zero-order valence-corrected chi connectivity index (χ0v) is 24.2. The Labute approximate surface area is 233 Å². The Hall–Kier alpha value is -0.120. The average molecular weight is 527 g/mol. The lowest BCUT2D eigenvalue weighted by molar-refractivity contribution is -0.250. The zero-order chi connectivity index (χ0) is 25.6. The van der Waals surface area contributed by atoms with Crippen molar-refractivity contribution in [3.8, 4) is 0 Å². The Kier molecular flexibility index (Phi) is 8.19. The van der Waals surface area contributed by atoms with Crippen molar-refractivity contribution in [3.05, 3.63) is 0 Å². The molecule has 8 fully saturated rings. The van der Waals surface area contributed by atoms with Crippen LogP contribution >= 0.6 is 0 Å². The number of fused-ring (bicyclic) bond motifs is 2. The summed E-state index contributed by atoms with van der Waals surface area (Å²) in [7, 11) is 0. The highest BCUT2D eigenvalue weighted by atomic mass is 16.5. The Morgan fingerprint density at radius 3 is 1.55 bits per heavy atom. The van der Waals surface area contributed by atoms with E-state index in [1.54, 1.807) is 0 Å². The minimum atomic E-state index is -0.163. The molecule has 6 saturated carbocycles. The SMILES string of the molecule is OC1CCCCC1C(C1CC(C2CCCCC2)C(C2CCC2)CC1O)C1CC(C2CCCCC2)C2CC1O2. The second kappa shape index (κ2) is 11.6. The van der Waals surface area contributed by atoms with Gasteiger partial charge in [0.25, 0.3) is 0 Å². The fourth-order valence-electron chi connectivity index (χ4n) is 11.8. The third kappa shape index (κ3) is 5.06. The summed E-state index contributed by atoms with van der Waals surface area (Å²) < 4.78 is 6.75. The zero-order valence-electron chi connectivity index (χ0n) is 24.2. The predicted molar refractivity (Wildman–Crippen MR) is 153 cm³/mol. The fourth-order valence-corrected chi connectivity index (χ4v) is 11.8. The van der Waals surface area contributed by atoms with Crippen LogP contribution in [0.1, 0.15) is 135 Å². The van der Waals surface area contributed by atoms with Crippen molar-refractivity contribution >= 4 is 0 Å². The molecular weight excluding hydrogens is 468 g/mol. The van der Waals surface area contributed by atoms with Crippen LogP contribution in [0.25, 0.3) is 0 Å². The monoisotopic (exact) mass is 526 g/mol. The lowest BCUT2D eigenvalue weighted by atomic mass is 9.51. The van der Waals surface area contributed by atoms with Crippen molar-refractivity contribution in [2.75, 3.05) is 0 Å². The summed E-state index contributed by atoms with van der Waals surface area (Å²) in [6.45, 7) is 0. The fraction of sp³-hybridized carbons (Fsp3) is 1.00. The smallest absolute Gasteiger partial charge is 0.0635 e. The predicted octanol–water partition coefficient (Wildman–Crippen LogP) is 7.91. The average Bonchev–Trinajstić information content (AvgIpc) is 2.90. The standard InChI is InChI=1S/C35H58O3/c36-31-17-8-7-16-25(31)35(30-19-28(33-21-34(30)38-33)24-12-5-2-6-13-24)29-18-26(22-10-3-1-4-11-22)27(20-32(29)37)23-14-9-15-23/h22-37H,1-21H2. The van der Waals surface area contributed by atoms with Gasteiger partial charge >= 0.3 is 0 Å². The second-order valence-corrected chi connectivity index (χ2v) is 15.6. The maximum Gasteiger partial charge on any atom is 0.0635 e. The Bertz CT molecular complexity index is 761. The minimum absolute atomic E-state index is 0.162. The summed E-state index contributed by atoms with van der Waals surface area (Å²) in [6, 6.07) is 0. The number of ether oxygens (including phenoxy) is 1. The number of aliphatic hydroxyl groups excluding tert-OH is 2. The quantitative estimate of drug-likeness (QED) is 0.370. The van der Waals surface area contributed by atoms with Crippen LogP contribution in [-0.2, 0) is 4.74 Å². The van der Waals surface area contributed by atoms with E-state index in [1.807, 2.05) is 0 Å². The number of hydrogen-bond acceptors (Lipinski definition) is 3. The molecule has 3 heteroatoms. The molecule has 0 spiro atoms. The topological polar surface area (TPSA) is 49.7 Å². The van der Waals surface area contributed by atoms with Crippen LogP contribution in [-0.4, -0.2) is 34.6 Å². The van der Waals surface area contributed by atoms with E-state index in [9.17, 15) is 10.2 Å². The number of hydrogen-bond donors (Lipinski definition) is 2. The van der Waals surface area contributed by atoms with Crippen LogP contribution in [0, 0.1) is 59.2 Å². The molecule has 11 atom stereocenters. The van der Waals surface area contributed by atoms with Crippen LogP contribution in [0.5, 0.6) is 0 Å². The van der Waals surface area contributed by atoms with Crippen molar-refractivity contribution in [2.45, 2.75) is 159 Å². The van der Waals surface area contributed by atoms with E-state index in [1.165, 1.54) is 122 Å². The first-order valence-corrected chi connectivity index (χ1v) is 17.7. The van der Waals surface area contributed by atoms with E-state index in [0.29, 0.717) is 35.9 Å². The Morgan fingerprint density at radius 1 is 0.421 bits per heavy atom. The minimum Gasteiger partial charge on any atom is -0.393 e. The molecule has 0 aromatic rings. The van der Waals surface area contributed by atoms with Crippen LogP contribution in [0.2, 0.25) is 0 Å². The van der Waals surface area contributed by atoms with Gasteiger partial charge in [-0.3, -0.25) is 0 Å². The van der Waals surface area contributed by atoms with Crippen molar-refractivity contribution in [1.29, 1.82) is 0 Å². The molecule has 11 unspecified atom stereocenters. The van der Waals surface area contributed by atoms with E-state index in [-0.39, 0.29) is 12.2 Å². The van der Waals surface area contributed by atoms with Gasteiger partial charge in [-0.25, -0.2) is 0 Å². The summed E-state index contributed by atoms with van der Waals surface area (Å²) in [5, 5.41) is 23.5. The van der Waals surface area contributed by atoms with E-state index < -0.39 is 0 Å². The first-order chi connectivity index (χ1) is 18.7. The van der Waals surface area contributed by atoms with Crippen LogP contribution < -0.4 is 0 Å². The molecule has 3 nitrogen and oxygen atoms in total. The van der Waals surface area contributed by atoms with Gasteiger partial charge in [-0.2, -0.15) is 0 Å². The Balaban J connectivity index is 1.17. The van der Waals surface area contributed by atoms with Gasteiger partial charge in [0, 0.05) is 6.42 Å². The van der Waals surface area contributed by atoms with Gasteiger partial charge in [0.05, 0.1) is 24.4 Å². The maximum absolute atomic E-state index is 12.0. The second-order valence-electron chi connectivity index (χ2n) is 15.6. The van der Waals surface area contributed by atoms with Crippen molar-refractivity contribution in [1.82, 2.24) is 0 Å². The molecule has 216 valence electrons. The molecule has 2 heterocycles. The third-order valence-electron chi connectivity index (χ3n) is 13.9. The number of rotatable bonds is 6. The largest absolute Gasteiger partial charge is 0.393 e. The van der Waals surface area contributed by atoms with E-state index in [0.717, 1.165) is 48.3 Å². The molecule has 8 rings (SSSR count). The van der Waals surface area contributed by atoms with Gasteiger partial charge in [-0.15, -0.1) is 0 Å². The Morgan fingerprint density at radius 2 is 0.947 bits per heavy atom. The van der Waals surface area contributed by atoms with Gasteiger partial charge < -0.3 is 14.9 Å². The molecule has 6 aliphatic carbocycles. The summed E-state index contributed by atoms with van der Waals surface area (Å²) in [4.78, 5) is 0. The van der Waals surface area contributed by atoms with Gasteiger partial charge in [-0.05, 0) is 91.3 Å². The maximum atomic E-state index is 12.0. The third-order valence-corrected chi connectivity index (χ3v) is 13.9. The summed E-state index contributed by atoms with van der Waals surface area (Å²) >= 11 is 0. The molecule has 0 radical (unpaired) electrons. The lowest BCUT2D eigenvalue weighted by Gasteiger charge is -2.60. The summed E-state index contributed by atoms with van der Waals surface area (Å²) in [6.07, 6.45) is 28.6. The van der Waals surface area contributed by atoms with Gasteiger partial charge in [0.2, 0.25) is 0 Å². The summed E-state index contributed by atoms with van der Waals surface area (Å²) in [5.41, 5.74) is 0. The molecule has 2 N–H and O–H groups in total. The molecule has 2 saturated heterocycles. The van der Waals surface area contributed by atoms with E-state index >= 15 is 0 Å². The van der Waals surface area contributed by atoms with E-state index in [2.05, 4.69) is 0 Å². The van der Waals surface area contributed by atoms with Gasteiger partial charge in [0.15, 0.2) is 0 Å². The first kappa shape index (κ1) is 26.8. The van der Waals surface area contributed by atoms with Crippen molar-refractivity contribution < 1.29 is 14.9 Å². The first-order valence-electron chi connectivity index (χ1n) is 17.7. The van der Waals surface area contributed by atoms with Gasteiger partial charge in [0.1, 0.15) is 0 Å². The van der Waals surface area contributed by atoms with Crippen molar-refractivity contribution in [3.63, 3.8) is 0 Å². The highest BCUT2D eigenvalue weighted by Gasteiger charge is 2.57. The number of aliphatic hydroxyl groups is 2. The molecule has 8 aliphatic rings. The van der Waals surface area contributed by atoms with Gasteiger partial charge in [-0.1, -0.05) is 96.3 Å². The van der Waals surface area contributed by atoms with Crippen LogP contribution in [0.15, 0.2) is 0 Å². The normalized spacial score (nSPS) is 48.2. The van der Waals surface area contributed by atoms with E-state index in [4.69, 9.17) is 4.74 Å². The highest BCUT2D eigenvalue weighted by Crippen LogP contribution is 2.59. The van der Waals surface area contributed by atoms with Crippen LogP contribution in [0.4, 0.5) is 0 Å². The molecule has 0 aromatic carbocycles. The molecular formula is C35H58O3. The van der Waals surface area contributed by atoms with Crippen LogP contribution in [0.3, 0.4) is 0 Å². The molecule has 0 amide bonds. The van der Waals surface area contributed by atoms with Crippen molar-refractivity contribution in [2.24, 2.45) is 59.2 Å². The highest BCUT2D eigenvalue weighted by molar-refractivity contribution is 5.05. The molecule has 0 aromatic heterocycles. The molecule has 2 bridgehead atoms. The lowest BCUT2D eigenvalue weighted by Crippen LogP contribution is -2.60. The summed E-state index contributed by atoms with van der Waals surface area (Å²) in [5.74, 6) is 6.77.